The van der Waals surface area contributed by atoms with E-state index in [1.807, 2.05) is 0 Å². The van der Waals surface area contributed by atoms with Crippen molar-refractivity contribution in [3.63, 3.8) is 0 Å². The molecule has 0 atom stereocenters. The lowest BCUT2D eigenvalue weighted by atomic mass is 10.1. The van der Waals surface area contributed by atoms with Crippen molar-refractivity contribution in [2.75, 3.05) is 0 Å². The second kappa shape index (κ2) is 4.27. The molecule has 5 heteroatoms. The number of carbonyl (C=O) groups excluding carboxylic acids is 2. The van der Waals surface area contributed by atoms with E-state index < -0.39 is 17.3 Å². The number of aromatic nitrogens is 1. The van der Waals surface area contributed by atoms with Gasteiger partial charge in [0.2, 0.25) is 5.78 Å². The average Bonchev–Trinajstić information content (AvgIpc) is 2.19. The molecule has 1 N–H and O–H groups in total. The van der Waals surface area contributed by atoms with Crippen LogP contribution in [0.5, 0.6) is 0 Å². The molecule has 72 valence electrons. The van der Waals surface area contributed by atoms with E-state index in [9.17, 15) is 9.59 Å². The predicted molar refractivity (Wildman–Crippen MR) is 48.5 cm³/mol. The topological polar surface area (TPSA) is 79.6 Å². The zero-order chi connectivity index (χ0) is 10.6. The molecule has 0 amide bonds. The molecule has 0 fully saturated rings. The van der Waals surface area contributed by atoms with Crippen molar-refractivity contribution in [3.8, 4) is 0 Å². The van der Waals surface area contributed by atoms with Crippen molar-refractivity contribution in [2.24, 2.45) is 5.16 Å². The molecule has 0 aliphatic rings. The van der Waals surface area contributed by atoms with Crippen molar-refractivity contribution in [3.05, 3.63) is 30.1 Å². The molecular weight excluding hydrogens is 184 g/mol. The largest absolute Gasteiger partial charge is 0.410 e. The Bertz CT molecular complexity index is 384. The maximum absolute atomic E-state index is 11.5. The van der Waals surface area contributed by atoms with Gasteiger partial charge in [-0.1, -0.05) is 5.16 Å². The number of hydrogen-bond donors (Lipinski definition) is 1. The van der Waals surface area contributed by atoms with Crippen molar-refractivity contribution < 1.29 is 14.8 Å². The molecule has 1 heterocycles. The summed E-state index contributed by atoms with van der Waals surface area (Å²) in [5.41, 5.74) is -0.209. The first kappa shape index (κ1) is 10.0. The Hall–Kier alpha value is -2.04. The highest BCUT2D eigenvalue weighted by Crippen LogP contribution is 2.00. The Morgan fingerprint density at radius 3 is 2.36 bits per heavy atom. The van der Waals surface area contributed by atoms with Crippen LogP contribution in [-0.4, -0.2) is 27.5 Å². The van der Waals surface area contributed by atoms with Crippen molar-refractivity contribution in [1.82, 2.24) is 4.98 Å². The summed E-state index contributed by atoms with van der Waals surface area (Å²) in [5, 5.41) is 11.1. The maximum Gasteiger partial charge on any atom is 0.218 e. The van der Waals surface area contributed by atoms with Gasteiger partial charge in [0.05, 0.1) is 0 Å². The Morgan fingerprint density at radius 2 is 1.93 bits per heavy atom. The molecule has 0 aliphatic heterocycles. The third-order valence-corrected chi connectivity index (χ3v) is 1.59. The molecule has 0 aliphatic carbocycles. The standard InChI is InChI=1S/C9H8N2O3/c1-6(12)8(11-14)9(13)7-2-4-10-5-3-7/h2-5,14H,1H3. The number of nitrogens with zero attached hydrogens (tertiary/aromatic N) is 2. The Labute approximate surface area is 80.1 Å². The van der Waals surface area contributed by atoms with Crippen molar-refractivity contribution in [2.45, 2.75) is 6.92 Å². The van der Waals surface area contributed by atoms with Crippen LogP contribution >= 0.6 is 0 Å². The highest BCUT2D eigenvalue weighted by molar-refractivity contribution is 6.68. The molecule has 0 unspecified atom stereocenters. The molecule has 1 aromatic heterocycles. The average molecular weight is 192 g/mol. The fourth-order valence-electron chi connectivity index (χ4n) is 0.916. The number of hydrogen-bond acceptors (Lipinski definition) is 5. The molecule has 0 aromatic carbocycles. The van der Waals surface area contributed by atoms with Gasteiger partial charge in [-0.2, -0.15) is 0 Å². The van der Waals surface area contributed by atoms with Crippen LogP contribution in [0, 0.1) is 0 Å². The van der Waals surface area contributed by atoms with Crippen LogP contribution < -0.4 is 0 Å². The van der Waals surface area contributed by atoms with E-state index in [0.29, 0.717) is 0 Å². The van der Waals surface area contributed by atoms with E-state index in [4.69, 9.17) is 5.21 Å². The quantitative estimate of drug-likeness (QED) is 0.251. The van der Waals surface area contributed by atoms with E-state index >= 15 is 0 Å². The van der Waals surface area contributed by atoms with Gasteiger partial charge in [-0.25, -0.2) is 0 Å². The van der Waals surface area contributed by atoms with E-state index in [-0.39, 0.29) is 5.56 Å². The van der Waals surface area contributed by atoms with Gasteiger partial charge >= 0.3 is 0 Å². The normalized spacial score (nSPS) is 11.1. The van der Waals surface area contributed by atoms with E-state index in [1.54, 1.807) is 0 Å². The third kappa shape index (κ3) is 2.01. The summed E-state index contributed by atoms with van der Waals surface area (Å²) < 4.78 is 0. The maximum atomic E-state index is 11.5. The number of Topliss-reactive ketones (excluding diaryl/α,β-unsaturated/α-hetero) is 2. The van der Waals surface area contributed by atoms with E-state index in [1.165, 1.54) is 24.5 Å². The summed E-state index contributed by atoms with van der Waals surface area (Å²) in [7, 11) is 0. The Kier molecular flexibility index (Phi) is 3.06. The van der Waals surface area contributed by atoms with Crippen LogP contribution in [0.2, 0.25) is 0 Å². The van der Waals surface area contributed by atoms with Crippen LogP contribution in [0.25, 0.3) is 0 Å². The van der Waals surface area contributed by atoms with Gasteiger partial charge in [0.1, 0.15) is 0 Å². The highest BCUT2D eigenvalue weighted by Gasteiger charge is 2.18. The number of oxime groups is 1. The van der Waals surface area contributed by atoms with Gasteiger partial charge in [0.15, 0.2) is 11.5 Å². The van der Waals surface area contributed by atoms with Gasteiger partial charge in [0, 0.05) is 24.9 Å². The number of ketones is 2. The first-order chi connectivity index (χ1) is 6.66. The predicted octanol–water partition coefficient (Wildman–Crippen LogP) is 0.683. The van der Waals surface area contributed by atoms with Crippen molar-refractivity contribution >= 4 is 17.3 Å². The van der Waals surface area contributed by atoms with Crippen molar-refractivity contribution in [1.29, 1.82) is 0 Å². The van der Waals surface area contributed by atoms with E-state index in [2.05, 4.69) is 10.1 Å². The molecule has 0 bridgehead atoms. The van der Waals surface area contributed by atoms with Crippen LogP contribution in [0.15, 0.2) is 29.7 Å². The van der Waals surface area contributed by atoms with Gasteiger partial charge < -0.3 is 5.21 Å². The smallest absolute Gasteiger partial charge is 0.218 e. The SMILES string of the molecule is CC(=O)C(=NO)C(=O)c1ccncc1. The van der Waals surface area contributed by atoms with Crippen LogP contribution in [0.3, 0.4) is 0 Å². The van der Waals surface area contributed by atoms with Gasteiger partial charge in [0.25, 0.3) is 0 Å². The number of rotatable bonds is 3. The lowest BCUT2D eigenvalue weighted by molar-refractivity contribution is -0.111. The summed E-state index contributed by atoms with van der Waals surface area (Å²) in [6.07, 6.45) is 2.84. The minimum absolute atomic E-state index is 0.267. The van der Waals surface area contributed by atoms with Crippen LogP contribution in [0.1, 0.15) is 17.3 Å². The summed E-state index contributed by atoms with van der Waals surface area (Å²) in [6, 6.07) is 2.88. The summed E-state index contributed by atoms with van der Waals surface area (Å²) in [5.74, 6) is -1.18. The number of carbonyl (C=O) groups is 2. The summed E-state index contributed by atoms with van der Waals surface area (Å²) >= 11 is 0. The monoisotopic (exact) mass is 192 g/mol. The minimum atomic E-state index is -0.609. The molecule has 0 saturated heterocycles. The third-order valence-electron chi connectivity index (χ3n) is 1.59. The van der Waals surface area contributed by atoms with Gasteiger partial charge in [-0.05, 0) is 12.1 Å². The second-order valence-corrected chi connectivity index (χ2v) is 2.57. The molecule has 0 spiro atoms. The molecule has 0 radical (unpaired) electrons. The lowest BCUT2D eigenvalue weighted by Crippen LogP contribution is -2.22. The zero-order valence-electron chi connectivity index (χ0n) is 7.47. The Balaban J connectivity index is 3.02. The first-order valence-electron chi connectivity index (χ1n) is 3.84. The lowest BCUT2D eigenvalue weighted by Gasteiger charge is -1.98. The number of pyridine rings is 1. The molecule has 1 aromatic rings. The highest BCUT2D eigenvalue weighted by atomic mass is 16.4. The minimum Gasteiger partial charge on any atom is -0.410 e. The second-order valence-electron chi connectivity index (χ2n) is 2.57. The Morgan fingerprint density at radius 1 is 1.36 bits per heavy atom. The molecular formula is C9H8N2O3. The van der Waals surface area contributed by atoms with Gasteiger partial charge in [-0.3, -0.25) is 14.6 Å². The molecule has 5 nitrogen and oxygen atoms in total. The summed E-state index contributed by atoms with van der Waals surface area (Å²) in [4.78, 5) is 26.1. The molecule has 14 heavy (non-hydrogen) atoms. The van der Waals surface area contributed by atoms with Crippen LogP contribution in [0.4, 0.5) is 0 Å². The molecule has 0 saturated carbocycles. The van der Waals surface area contributed by atoms with E-state index in [0.717, 1.165) is 6.92 Å². The zero-order valence-corrected chi connectivity index (χ0v) is 7.47. The first-order valence-corrected chi connectivity index (χ1v) is 3.84. The molecule has 1 rings (SSSR count). The summed E-state index contributed by atoms with van der Waals surface area (Å²) in [6.45, 7) is 1.16. The van der Waals surface area contributed by atoms with Crippen LogP contribution in [-0.2, 0) is 4.79 Å². The fraction of sp³-hybridized carbons (Fsp3) is 0.111. The van der Waals surface area contributed by atoms with Gasteiger partial charge in [-0.15, -0.1) is 0 Å². The fourth-order valence-corrected chi connectivity index (χ4v) is 0.916.